The van der Waals surface area contributed by atoms with E-state index in [-0.39, 0.29) is 35.9 Å². The van der Waals surface area contributed by atoms with E-state index < -0.39 is 18.6 Å². The molecule has 2 amide bonds. The fourth-order valence-electron chi connectivity index (χ4n) is 2.31. The number of hydrogen-bond acceptors (Lipinski definition) is 5. The number of halogens is 1. The first-order valence-corrected chi connectivity index (χ1v) is 7.38. The maximum absolute atomic E-state index is 12.3. The molecule has 1 saturated heterocycles. The van der Waals surface area contributed by atoms with Crippen LogP contribution in [0.15, 0.2) is 16.5 Å². The Balaban J connectivity index is 1.98. The third-order valence-electron chi connectivity index (χ3n) is 3.41. The number of carboxylic acids is 1. The summed E-state index contributed by atoms with van der Waals surface area (Å²) in [5.41, 5.74) is 0. The monoisotopic (exact) mass is 344 g/mol. The van der Waals surface area contributed by atoms with Crippen molar-refractivity contribution in [3.63, 3.8) is 0 Å². The van der Waals surface area contributed by atoms with Crippen molar-refractivity contribution < 1.29 is 28.6 Å². The predicted molar refractivity (Wildman–Crippen MR) is 79.3 cm³/mol. The molecule has 0 radical (unpaired) electrons. The lowest BCUT2D eigenvalue weighted by Crippen LogP contribution is -2.51. The molecule has 2 rings (SSSR count). The summed E-state index contributed by atoms with van der Waals surface area (Å²) in [6.45, 7) is 1.90. The van der Waals surface area contributed by atoms with Gasteiger partial charge in [0, 0.05) is 26.6 Å². The Hall–Kier alpha value is -2.06. The quantitative estimate of drug-likeness (QED) is 0.844. The van der Waals surface area contributed by atoms with Crippen molar-refractivity contribution in [1.29, 1.82) is 0 Å². The van der Waals surface area contributed by atoms with Gasteiger partial charge in [0.2, 0.25) is 5.91 Å². The van der Waals surface area contributed by atoms with Crippen LogP contribution in [0.4, 0.5) is 0 Å². The van der Waals surface area contributed by atoms with Crippen LogP contribution in [-0.2, 0) is 14.3 Å². The van der Waals surface area contributed by atoms with Gasteiger partial charge in [-0.2, -0.15) is 0 Å². The molecular formula is C14H17ClN2O6. The molecule has 2 heterocycles. The molecule has 1 atom stereocenters. The number of furan rings is 1. The third kappa shape index (κ3) is 4.70. The van der Waals surface area contributed by atoms with Gasteiger partial charge in [-0.05, 0) is 23.7 Å². The van der Waals surface area contributed by atoms with Crippen molar-refractivity contribution in [3.8, 4) is 0 Å². The van der Waals surface area contributed by atoms with E-state index in [1.807, 2.05) is 0 Å². The second-order valence-electron chi connectivity index (χ2n) is 5.14. The first kappa shape index (κ1) is 17.3. The Morgan fingerprint density at radius 1 is 1.43 bits per heavy atom. The smallest absolute Gasteiger partial charge is 0.323 e. The first-order valence-electron chi connectivity index (χ1n) is 7.00. The number of rotatable bonds is 5. The van der Waals surface area contributed by atoms with Crippen molar-refractivity contribution in [2.24, 2.45) is 0 Å². The Labute approximate surface area is 137 Å². The predicted octanol–water partition coefficient (Wildman–Crippen LogP) is 0.707. The van der Waals surface area contributed by atoms with Crippen LogP contribution >= 0.6 is 11.6 Å². The molecule has 0 aromatic carbocycles. The van der Waals surface area contributed by atoms with E-state index in [1.54, 1.807) is 0 Å². The lowest BCUT2D eigenvalue weighted by Gasteiger charge is -2.34. The summed E-state index contributed by atoms with van der Waals surface area (Å²) in [5.74, 6) is -1.66. The molecule has 0 spiro atoms. The van der Waals surface area contributed by atoms with E-state index in [4.69, 9.17) is 25.9 Å². The third-order valence-corrected chi connectivity index (χ3v) is 3.61. The Bertz CT molecular complexity index is 602. The highest BCUT2D eigenvalue weighted by atomic mass is 35.5. The molecule has 1 aliphatic rings. The molecule has 8 nitrogen and oxygen atoms in total. The standard InChI is InChI=1S/C14H17ClN2O6/c1-9(18)17(8-13(19)20)7-10-6-16(4-5-22-10)14(21)11-2-3-12(15)23-11/h2-3,10H,4-8H2,1H3,(H,19,20). The number of nitrogens with zero attached hydrogens (tertiary/aromatic N) is 2. The molecule has 9 heteroatoms. The van der Waals surface area contributed by atoms with Crippen molar-refractivity contribution >= 4 is 29.4 Å². The largest absolute Gasteiger partial charge is 0.480 e. The van der Waals surface area contributed by atoms with Gasteiger partial charge < -0.3 is 24.1 Å². The molecule has 1 aromatic rings. The van der Waals surface area contributed by atoms with Crippen LogP contribution in [0.25, 0.3) is 0 Å². The highest BCUT2D eigenvalue weighted by Crippen LogP contribution is 2.17. The molecule has 23 heavy (non-hydrogen) atoms. The molecule has 0 aliphatic carbocycles. The maximum atomic E-state index is 12.3. The van der Waals surface area contributed by atoms with Gasteiger partial charge in [0.1, 0.15) is 6.54 Å². The molecule has 1 aliphatic heterocycles. The molecule has 126 valence electrons. The molecular weight excluding hydrogens is 328 g/mol. The van der Waals surface area contributed by atoms with Crippen LogP contribution < -0.4 is 0 Å². The van der Waals surface area contributed by atoms with Gasteiger partial charge in [-0.15, -0.1) is 0 Å². The topological polar surface area (TPSA) is 100 Å². The SMILES string of the molecule is CC(=O)N(CC(=O)O)CC1CN(C(=O)c2ccc(Cl)o2)CCO1. The van der Waals surface area contributed by atoms with Gasteiger partial charge in [-0.3, -0.25) is 14.4 Å². The minimum absolute atomic E-state index is 0.102. The number of aliphatic carboxylic acids is 1. The van der Waals surface area contributed by atoms with E-state index in [0.29, 0.717) is 13.2 Å². The summed E-state index contributed by atoms with van der Waals surface area (Å²) in [6.07, 6.45) is -0.457. The minimum atomic E-state index is -1.10. The van der Waals surface area contributed by atoms with Gasteiger partial charge in [0.05, 0.1) is 12.7 Å². The summed E-state index contributed by atoms with van der Waals surface area (Å²) in [6, 6.07) is 2.97. The average Bonchev–Trinajstić information content (AvgIpc) is 2.92. The molecule has 1 N–H and O–H groups in total. The molecule has 1 aromatic heterocycles. The number of ether oxygens (including phenoxy) is 1. The fourth-order valence-corrected chi connectivity index (χ4v) is 2.46. The van der Waals surface area contributed by atoms with E-state index in [2.05, 4.69) is 0 Å². The van der Waals surface area contributed by atoms with Crippen molar-refractivity contribution in [1.82, 2.24) is 9.80 Å². The number of hydrogen-bond donors (Lipinski definition) is 1. The minimum Gasteiger partial charge on any atom is -0.480 e. The summed E-state index contributed by atoms with van der Waals surface area (Å²) in [4.78, 5) is 37.3. The van der Waals surface area contributed by atoms with E-state index in [0.717, 1.165) is 0 Å². The normalized spacial score (nSPS) is 17.8. The number of morpholine rings is 1. The Morgan fingerprint density at radius 2 is 2.17 bits per heavy atom. The Kier molecular flexibility index (Phi) is 5.62. The zero-order chi connectivity index (χ0) is 17.0. The van der Waals surface area contributed by atoms with Crippen LogP contribution in [0.2, 0.25) is 5.22 Å². The Morgan fingerprint density at radius 3 is 2.74 bits per heavy atom. The average molecular weight is 345 g/mol. The molecule has 1 unspecified atom stereocenters. The maximum Gasteiger partial charge on any atom is 0.323 e. The van der Waals surface area contributed by atoms with E-state index in [9.17, 15) is 14.4 Å². The zero-order valence-corrected chi connectivity index (χ0v) is 13.3. The van der Waals surface area contributed by atoms with Crippen molar-refractivity contribution in [2.45, 2.75) is 13.0 Å². The molecule has 1 fully saturated rings. The van der Waals surface area contributed by atoms with Crippen LogP contribution in [0.1, 0.15) is 17.5 Å². The van der Waals surface area contributed by atoms with E-state index in [1.165, 1.54) is 28.9 Å². The number of carbonyl (C=O) groups excluding carboxylic acids is 2. The highest BCUT2D eigenvalue weighted by molar-refractivity contribution is 6.29. The van der Waals surface area contributed by atoms with Crippen molar-refractivity contribution in [3.05, 3.63) is 23.1 Å². The molecule has 0 bridgehead atoms. The summed E-state index contributed by atoms with van der Waals surface area (Å²) in [7, 11) is 0. The summed E-state index contributed by atoms with van der Waals surface area (Å²) < 4.78 is 10.6. The van der Waals surface area contributed by atoms with Crippen LogP contribution in [0.3, 0.4) is 0 Å². The summed E-state index contributed by atoms with van der Waals surface area (Å²) in [5, 5.41) is 8.96. The van der Waals surface area contributed by atoms with Gasteiger partial charge in [0.25, 0.3) is 5.91 Å². The van der Waals surface area contributed by atoms with Crippen LogP contribution in [-0.4, -0.2) is 71.6 Å². The number of carbonyl (C=O) groups is 3. The zero-order valence-electron chi connectivity index (χ0n) is 12.5. The van der Waals surface area contributed by atoms with E-state index >= 15 is 0 Å². The number of amides is 2. The van der Waals surface area contributed by atoms with Gasteiger partial charge in [-0.1, -0.05) is 0 Å². The second kappa shape index (κ2) is 7.47. The van der Waals surface area contributed by atoms with Crippen LogP contribution in [0, 0.1) is 0 Å². The first-order chi connectivity index (χ1) is 10.9. The molecule has 0 saturated carbocycles. The van der Waals surface area contributed by atoms with Crippen LogP contribution in [0.5, 0.6) is 0 Å². The van der Waals surface area contributed by atoms with Gasteiger partial charge >= 0.3 is 5.97 Å². The fraction of sp³-hybridized carbons (Fsp3) is 0.500. The number of carboxylic acid groups (broad SMARTS) is 1. The second-order valence-corrected chi connectivity index (χ2v) is 5.51. The lowest BCUT2D eigenvalue weighted by atomic mass is 10.2. The lowest BCUT2D eigenvalue weighted by molar-refractivity contribution is -0.145. The van der Waals surface area contributed by atoms with Gasteiger partial charge in [0.15, 0.2) is 11.0 Å². The highest BCUT2D eigenvalue weighted by Gasteiger charge is 2.29. The van der Waals surface area contributed by atoms with Gasteiger partial charge in [-0.25, -0.2) is 0 Å². The summed E-state index contributed by atoms with van der Waals surface area (Å²) >= 11 is 5.66. The van der Waals surface area contributed by atoms with Crippen molar-refractivity contribution in [2.75, 3.05) is 32.8 Å².